The molecular weight excluding hydrogens is 420 g/mol. The summed E-state index contributed by atoms with van der Waals surface area (Å²) >= 11 is 0. The van der Waals surface area contributed by atoms with Crippen LogP contribution in [0.15, 0.2) is 77.9 Å². The Hall–Kier alpha value is -4.93. The van der Waals surface area contributed by atoms with Gasteiger partial charge in [-0.3, -0.25) is 25.0 Å². The number of ether oxygens (including phenoxy) is 1. The topological polar surface area (TPSA) is 154 Å². The van der Waals surface area contributed by atoms with Crippen LogP contribution in [0.2, 0.25) is 0 Å². The fourth-order valence-electron chi connectivity index (χ4n) is 2.52. The van der Waals surface area contributed by atoms with Gasteiger partial charge in [-0.15, -0.1) is 0 Å². The molecule has 3 aromatic carbocycles. The Morgan fingerprint density at radius 3 is 1.91 bits per heavy atom. The molecule has 0 fully saturated rings. The molecule has 0 saturated heterocycles. The summed E-state index contributed by atoms with van der Waals surface area (Å²) in [6, 6.07) is 16.3. The zero-order valence-electron chi connectivity index (χ0n) is 16.2. The molecule has 11 nitrogen and oxygen atoms in total. The number of esters is 1. The van der Waals surface area contributed by atoms with Gasteiger partial charge in [0.2, 0.25) is 0 Å². The molecule has 0 aliphatic carbocycles. The van der Waals surface area contributed by atoms with E-state index in [1.807, 2.05) is 0 Å². The van der Waals surface area contributed by atoms with Crippen LogP contribution in [-0.4, -0.2) is 27.9 Å². The highest BCUT2D eigenvalue weighted by atomic mass is 16.6. The molecule has 0 saturated carbocycles. The van der Waals surface area contributed by atoms with Crippen molar-refractivity contribution in [2.45, 2.75) is 0 Å². The fourth-order valence-corrected chi connectivity index (χ4v) is 2.52. The van der Waals surface area contributed by atoms with E-state index in [2.05, 4.69) is 10.5 Å². The number of nitrogens with one attached hydrogen (secondary N) is 1. The molecule has 0 bridgehead atoms. The highest BCUT2D eigenvalue weighted by Crippen LogP contribution is 2.19. The van der Waals surface area contributed by atoms with Gasteiger partial charge in [-0.05, 0) is 36.4 Å². The first-order chi connectivity index (χ1) is 15.3. The van der Waals surface area contributed by atoms with E-state index in [1.54, 1.807) is 18.2 Å². The minimum atomic E-state index is -0.726. The largest absolute Gasteiger partial charge is 0.422 e. The lowest BCUT2D eigenvalue weighted by Crippen LogP contribution is -2.17. The number of benzene rings is 3. The molecule has 1 N–H and O–H groups in total. The SMILES string of the molecule is O=C(N/N=C\c1ccccc1OC(=O)c1ccc([N+](=O)[O-])cc1)c1ccc([N+](=O)[O-])cc1. The van der Waals surface area contributed by atoms with Gasteiger partial charge in [-0.25, -0.2) is 10.2 Å². The number of para-hydroxylation sites is 1. The first kappa shape index (κ1) is 21.8. The second-order valence-electron chi connectivity index (χ2n) is 6.23. The van der Waals surface area contributed by atoms with E-state index in [0.29, 0.717) is 5.56 Å². The molecule has 0 aliphatic rings. The zero-order valence-corrected chi connectivity index (χ0v) is 16.2. The molecule has 1 amide bonds. The van der Waals surface area contributed by atoms with Crippen LogP contribution in [0.5, 0.6) is 5.75 Å². The van der Waals surface area contributed by atoms with Gasteiger partial charge in [-0.1, -0.05) is 12.1 Å². The van der Waals surface area contributed by atoms with Crippen molar-refractivity contribution in [1.82, 2.24) is 5.43 Å². The van der Waals surface area contributed by atoms with Gasteiger partial charge in [0.15, 0.2) is 0 Å². The Morgan fingerprint density at radius 2 is 1.34 bits per heavy atom. The van der Waals surface area contributed by atoms with Crippen molar-refractivity contribution in [3.63, 3.8) is 0 Å². The Labute approximate surface area is 180 Å². The minimum Gasteiger partial charge on any atom is -0.422 e. The molecular formula is C21H14N4O7. The molecule has 32 heavy (non-hydrogen) atoms. The monoisotopic (exact) mass is 434 g/mol. The van der Waals surface area contributed by atoms with Gasteiger partial charge in [0.05, 0.1) is 21.6 Å². The number of nitro groups is 2. The van der Waals surface area contributed by atoms with Crippen LogP contribution in [-0.2, 0) is 0 Å². The molecule has 0 unspecified atom stereocenters. The molecule has 160 valence electrons. The fraction of sp³-hybridized carbons (Fsp3) is 0. The molecule has 0 aromatic heterocycles. The highest BCUT2D eigenvalue weighted by molar-refractivity contribution is 5.96. The van der Waals surface area contributed by atoms with Crippen molar-refractivity contribution in [3.8, 4) is 5.75 Å². The quantitative estimate of drug-likeness (QED) is 0.196. The van der Waals surface area contributed by atoms with Crippen molar-refractivity contribution in [1.29, 1.82) is 0 Å². The van der Waals surface area contributed by atoms with Crippen LogP contribution in [0.3, 0.4) is 0 Å². The van der Waals surface area contributed by atoms with Gasteiger partial charge in [0.1, 0.15) is 5.75 Å². The van der Waals surface area contributed by atoms with Crippen molar-refractivity contribution >= 4 is 29.5 Å². The van der Waals surface area contributed by atoms with E-state index in [9.17, 15) is 29.8 Å². The van der Waals surface area contributed by atoms with E-state index in [0.717, 1.165) is 0 Å². The number of hydrogen-bond acceptors (Lipinski definition) is 8. The van der Waals surface area contributed by atoms with Gasteiger partial charge in [0.25, 0.3) is 17.3 Å². The van der Waals surface area contributed by atoms with E-state index >= 15 is 0 Å². The summed E-state index contributed by atoms with van der Waals surface area (Å²) in [4.78, 5) is 44.7. The Kier molecular flexibility index (Phi) is 6.61. The van der Waals surface area contributed by atoms with Crippen LogP contribution in [0.1, 0.15) is 26.3 Å². The standard InChI is InChI=1S/C21H14N4O7/c26-20(14-5-9-17(10-6-14)24(28)29)23-22-13-16-3-1-2-4-19(16)32-21(27)15-7-11-18(12-8-15)25(30)31/h1-13H,(H,23,26)/b22-13-. The Morgan fingerprint density at radius 1 is 0.812 bits per heavy atom. The molecule has 3 aromatic rings. The lowest BCUT2D eigenvalue weighted by Gasteiger charge is -2.07. The number of hydrazone groups is 1. The second kappa shape index (κ2) is 9.71. The summed E-state index contributed by atoms with van der Waals surface area (Å²) in [5.41, 5.74) is 2.65. The molecule has 0 radical (unpaired) electrons. The van der Waals surface area contributed by atoms with E-state index in [4.69, 9.17) is 4.74 Å². The third-order valence-electron chi connectivity index (χ3n) is 4.15. The lowest BCUT2D eigenvalue weighted by atomic mass is 10.2. The molecule has 0 aliphatic heterocycles. The average molecular weight is 434 g/mol. The number of nitro benzene ring substituents is 2. The minimum absolute atomic E-state index is 0.119. The molecule has 0 heterocycles. The number of amides is 1. The van der Waals surface area contributed by atoms with E-state index < -0.39 is 21.7 Å². The molecule has 3 rings (SSSR count). The van der Waals surface area contributed by atoms with Crippen molar-refractivity contribution in [2.24, 2.45) is 5.10 Å². The molecule has 11 heteroatoms. The van der Waals surface area contributed by atoms with Crippen LogP contribution < -0.4 is 10.2 Å². The number of carbonyl (C=O) groups is 2. The summed E-state index contributed by atoms with van der Waals surface area (Å²) < 4.78 is 5.33. The van der Waals surface area contributed by atoms with Gasteiger partial charge < -0.3 is 4.74 Å². The van der Waals surface area contributed by atoms with Crippen LogP contribution >= 0.6 is 0 Å². The van der Waals surface area contributed by atoms with Gasteiger partial charge in [-0.2, -0.15) is 5.10 Å². The average Bonchev–Trinajstić information content (AvgIpc) is 2.80. The van der Waals surface area contributed by atoms with E-state index in [1.165, 1.54) is 60.8 Å². The first-order valence-corrected chi connectivity index (χ1v) is 8.98. The van der Waals surface area contributed by atoms with Crippen molar-refractivity contribution in [2.75, 3.05) is 0 Å². The molecule has 0 spiro atoms. The van der Waals surface area contributed by atoms with Crippen LogP contribution in [0.25, 0.3) is 0 Å². The molecule has 0 atom stereocenters. The second-order valence-corrected chi connectivity index (χ2v) is 6.23. The van der Waals surface area contributed by atoms with Crippen LogP contribution in [0.4, 0.5) is 11.4 Å². The Bertz CT molecular complexity index is 1210. The summed E-state index contributed by atoms with van der Waals surface area (Å²) in [5, 5.41) is 25.2. The summed E-state index contributed by atoms with van der Waals surface area (Å²) in [7, 11) is 0. The first-order valence-electron chi connectivity index (χ1n) is 8.98. The lowest BCUT2D eigenvalue weighted by molar-refractivity contribution is -0.385. The summed E-state index contributed by atoms with van der Waals surface area (Å²) in [5.74, 6) is -1.16. The van der Waals surface area contributed by atoms with E-state index in [-0.39, 0.29) is 28.3 Å². The van der Waals surface area contributed by atoms with Crippen molar-refractivity contribution in [3.05, 3.63) is 110 Å². The predicted octanol–water partition coefficient (Wildman–Crippen LogP) is 3.49. The highest BCUT2D eigenvalue weighted by Gasteiger charge is 2.13. The maximum absolute atomic E-state index is 12.3. The third-order valence-corrected chi connectivity index (χ3v) is 4.15. The number of carbonyl (C=O) groups excluding carboxylic acids is 2. The maximum atomic E-state index is 12.3. The smallest absolute Gasteiger partial charge is 0.343 e. The number of hydrogen-bond donors (Lipinski definition) is 1. The Balaban J connectivity index is 1.67. The van der Waals surface area contributed by atoms with Crippen LogP contribution in [0, 0.1) is 20.2 Å². The van der Waals surface area contributed by atoms with Gasteiger partial charge in [0, 0.05) is 35.4 Å². The third kappa shape index (κ3) is 5.36. The van der Waals surface area contributed by atoms with Gasteiger partial charge >= 0.3 is 5.97 Å². The number of non-ortho nitro benzene ring substituents is 2. The number of nitrogens with zero attached hydrogens (tertiary/aromatic N) is 3. The summed E-state index contributed by atoms with van der Waals surface area (Å²) in [6.07, 6.45) is 1.27. The van der Waals surface area contributed by atoms with Crippen molar-refractivity contribution < 1.29 is 24.2 Å². The normalized spacial score (nSPS) is 10.5. The maximum Gasteiger partial charge on any atom is 0.343 e. The zero-order chi connectivity index (χ0) is 23.1. The summed E-state index contributed by atoms with van der Waals surface area (Å²) in [6.45, 7) is 0. The predicted molar refractivity (Wildman–Crippen MR) is 113 cm³/mol. The number of rotatable bonds is 7.